The second-order valence-corrected chi connectivity index (χ2v) is 6.78. The Bertz CT molecular complexity index is 1010. The number of aromatic nitrogens is 3. The summed E-state index contributed by atoms with van der Waals surface area (Å²) in [5, 5.41) is 21.0. The van der Waals surface area contributed by atoms with Gasteiger partial charge >= 0.3 is 6.03 Å². The van der Waals surface area contributed by atoms with E-state index >= 15 is 0 Å². The summed E-state index contributed by atoms with van der Waals surface area (Å²) in [7, 11) is 0. The number of para-hydroxylation sites is 2. The number of carbonyl (C=O) groups is 1. The number of urea groups is 1. The maximum absolute atomic E-state index is 12.5. The number of nitrogens with two attached hydrogens (primary N) is 1. The highest BCUT2D eigenvalue weighted by Gasteiger charge is 2.15. The van der Waals surface area contributed by atoms with Crippen LogP contribution in [0.2, 0.25) is 0 Å². The zero-order chi connectivity index (χ0) is 20.8. The first-order chi connectivity index (χ1) is 14.0. The van der Waals surface area contributed by atoms with Gasteiger partial charge in [-0.05, 0) is 47.5 Å². The maximum Gasteiger partial charge on any atom is 0.326 e. The molecule has 0 aliphatic heterocycles. The van der Waals surface area contributed by atoms with Crippen LogP contribution < -0.4 is 25.9 Å². The molecule has 0 unspecified atom stereocenters. The molecule has 0 bridgehead atoms. The van der Waals surface area contributed by atoms with Gasteiger partial charge in [0.05, 0.1) is 17.4 Å². The molecular formula is C20H24N6O3. The van der Waals surface area contributed by atoms with Gasteiger partial charge in [0.2, 0.25) is 0 Å². The van der Waals surface area contributed by atoms with E-state index in [0.29, 0.717) is 46.9 Å². The van der Waals surface area contributed by atoms with E-state index in [1.165, 1.54) is 0 Å². The van der Waals surface area contributed by atoms with E-state index in [2.05, 4.69) is 34.6 Å². The number of carbonyl (C=O) groups excluding carboxylic acids is 1. The molecule has 3 rings (SSSR count). The summed E-state index contributed by atoms with van der Waals surface area (Å²) in [5.74, 6) is 0.720. The first-order valence-electron chi connectivity index (χ1n) is 9.39. The van der Waals surface area contributed by atoms with E-state index in [0.717, 1.165) is 5.56 Å². The highest BCUT2D eigenvalue weighted by atomic mass is 16.5. The van der Waals surface area contributed by atoms with Crippen molar-refractivity contribution in [2.24, 2.45) is 5.73 Å². The van der Waals surface area contributed by atoms with Crippen LogP contribution in [0.15, 0.2) is 42.5 Å². The molecular weight excluding hydrogens is 372 g/mol. The molecule has 1 aromatic heterocycles. The number of hydrogen-bond donors (Lipinski definition) is 3. The van der Waals surface area contributed by atoms with Gasteiger partial charge in [-0.2, -0.15) is 0 Å². The van der Waals surface area contributed by atoms with Crippen LogP contribution in [-0.2, 0) is 0 Å². The normalized spacial score (nSPS) is 10.9. The van der Waals surface area contributed by atoms with Crippen LogP contribution in [0.4, 0.5) is 16.4 Å². The summed E-state index contributed by atoms with van der Waals surface area (Å²) in [6.45, 7) is 5.08. The van der Waals surface area contributed by atoms with Gasteiger partial charge in [-0.3, -0.25) is 5.32 Å². The standard InChI is InChI=1S/C20H24N6O3/c1-13(2)14-8-9-18(29-11-5-10-21)16(12-14)23-20(27)24-19-22-15-6-3-4-7-17(15)26(28)25-19/h3-4,6-9,12-13H,5,10-11,21H2,1-2H3,(H2,22,23,24,25,27). The van der Waals surface area contributed by atoms with Crippen LogP contribution in [0, 0.1) is 5.21 Å². The van der Waals surface area contributed by atoms with E-state index in [1.54, 1.807) is 24.3 Å². The third-order valence-electron chi connectivity index (χ3n) is 4.25. The SMILES string of the molecule is CC(C)c1ccc(OCCCN)c(NC(=O)Nc2nc3ccccc3[n+]([O-])n2)c1. The summed E-state index contributed by atoms with van der Waals surface area (Å²) in [6, 6.07) is 11.8. The van der Waals surface area contributed by atoms with Gasteiger partial charge in [0.1, 0.15) is 11.3 Å². The fourth-order valence-electron chi connectivity index (χ4n) is 2.70. The van der Waals surface area contributed by atoms with Gasteiger partial charge in [0.25, 0.3) is 11.5 Å². The molecule has 0 aliphatic carbocycles. The van der Waals surface area contributed by atoms with Gasteiger partial charge in [-0.25, -0.2) is 9.78 Å². The number of fused-ring (bicyclic) bond motifs is 1. The van der Waals surface area contributed by atoms with Crippen LogP contribution in [-0.4, -0.2) is 29.3 Å². The van der Waals surface area contributed by atoms with Crippen molar-refractivity contribution in [2.45, 2.75) is 26.2 Å². The Hall–Kier alpha value is -3.46. The van der Waals surface area contributed by atoms with Crippen molar-refractivity contribution in [2.75, 3.05) is 23.8 Å². The molecule has 9 heteroatoms. The van der Waals surface area contributed by atoms with Crippen LogP contribution in [0.1, 0.15) is 31.7 Å². The highest BCUT2D eigenvalue weighted by molar-refractivity contribution is 5.99. The second kappa shape index (κ2) is 9.16. The monoisotopic (exact) mass is 396 g/mol. The van der Waals surface area contributed by atoms with Crippen LogP contribution >= 0.6 is 0 Å². The third-order valence-corrected chi connectivity index (χ3v) is 4.25. The molecule has 0 aliphatic rings. The summed E-state index contributed by atoms with van der Waals surface area (Å²) in [4.78, 5) is 17.1. The van der Waals surface area contributed by atoms with Crippen molar-refractivity contribution >= 4 is 28.7 Å². The molecule has 1 heterocycles. The van der Waals surface area contributed by atoms with Crippen molar-refractivity contribution < 1.29 is 14.4 Å². The summed E-state index contributed by atoms with van der Waals surface area (Å²) in [5.41, 5.74) is 7.82. The Labute approximate surface area is 168 Å². The molecule has 0 radical (unpaired) electrons. The zero-order valence-corrected chi connectivity index (χ0v) is 16.4. The minimum Gasteiger partial charge on any atom is -0.594 e. The Morgan fingerprint density at radius 2 is 2.03 bits per heavy atom. The van der Waals surface area contributed by atoms with Gasteiger partial charge < -0.3 is 21.0 Å². The quantitative estimate of drug-likeness (QED) is 0.320. The molecule has 0 fully saturated rings. The lowest BCUT2D eigenvalue weighted by Gasteiger charge is -2.15. The lowest BCUT2D eigenvalue weighted by Crippen LogP contribution is -2.34. The fraction of sp³-hybridized carbons (Fsp3) is 0.300. The third kappa shape index (κ3) is 5.08. The van der Waals surface area contributed by atoms with E-state index in [9.17, 15) is 10.0 Å². The molecule has 0 atom stereocenters. The van der Waals surface area contributed by atoms with Crippen LogP contribution in [0.5, 0.6) is 5.75 Å². The molecule has 9 nitrogen and oxygen atoms in total. The summed E-state index contributed by atoms with van der Waals surface area (Å²) in [6.07, 6.45) is 0.700. The van der Waals surface area contributed by atoms with Crippen molar-refractivity contribution in [3.05, 3.63) is 53.2 Å². The number of nitrogens with zero attached hydrogens (tertiary/aromatic N) is 3. The van der Waals surface area contributed by atoms with Gasteiger partial charge in [0, 0.05) is 6.07 Å². The Morgan fingerprint density at radius 3 is 2.79 bits per heavy atom. The van der Waals surface area contributed by atoms with E-state index in [1.807, 2.05) is 18.2 Å². The topological polar surface area (TPSA) is 129 Å². The van der Waals surface area contributed by atoms with Gasteiger partial charge in [-0.1, -0.05) is 32.0 Å². The molecule has 4 N–H and O–H groups in total. The number of nitrogens with one attached hydrogen (secondary N) is 2. The number of anilines is 2. The van der Waals surface area contributed by atoms with Gasteiger partial charge in [-0.15, -0.1) is 0 Å². The Balaban J connectivity index is 1.79. The molecule has 29 heavy (non-hydrogen) atoms. The molecule has 0 saturated heterocycles. The minimum atomic E-state index is -0.579. The number of ether oxygens (including phenoxy) is 1. The number of hydrogen-bond acceptors (Lipinski definition) is 6. The van der Waals surface area contributed by atoms with E-state index in [-0.39, 0.29) is 11.9 Å². The van der Waals surface area contributed by atoms with E-state index < -0.39 is 6.03 Å². The lowest BCUT2D eigenvalue weighted by molar-refractivity contribution is -0.641. The molecule has 0 saturated carbocycles. The van der Waals surface area contributed by atoms with E-state index in [4.69, 9.17) is 10.5 Å². The Morgan fingerprint density at radius 1 is 1.24 bits per heavy atom. The molecule has 152 valence electrons. The number of amides is 2. The predicted octanol–water partition coefficient (Wildman–Crippen LogP) is 2.76. The minimum absolute atomic E-state index is 0.0955. The molecule has 0 spiro atoms. The zero-order valence-electron chi connectivity index (χ0n) is 16.4. The predicted molar refractivity (Wildman–Crippen MR) is 111 cm³/mol. The summed E-state index contributed by atoms with van der Waals surface area (Å²) < 4.78 is 5.73. The van der Waals surface area contributed by atoms with Crippen molar-refractivity contribution in [1.29, 1.82) is 0 Å². The average molecular weight is 396 g/mol. The molecule has 2 amide bonds. The fourth-order valence-corrected chi connectivity index (χ4v) is 2.70. The van der Waals surface area contributed by atoms with Crippen molar-refractivity contribution in [3.8, 4) is 5.75 Å². The second-order valence-electron chi connectivity index (χ2n) is 6.78. The molecule has 2 aromatic carbocycles. The number of rotatable bonds is 7. The maximum atomic E-state index is 12.5. The van der Waals surface area contributed by atoms with Crippen molar-refractivity contribution in [1.82, 2.24) is 10.1 Å². The lowest BCUT2D eigenvalue weighted by atomic mass is 10.0. The summed E-state index contributed by atoms with van der Waals surface area (Å²) >= 11 is 0. The number of benzene rings is 2. The van der Waals surface area contributed by atoms with Crippen molar-refractivity contribution in [3.63, 3.8) is 0 Å². The Kier molecular flexibility index (Phi) is 6.40. The van der Waals surface area contributed by atoms with Gasteiger partial charge in [0.15, 0.2) is 0 Å². The molecule has 3 aromatic rings. The van der Waals surface area contributed by atoms with Crippen LogP contribution in [0.3, 0.4) is 0 Å². The first kappa shape index (κ1) is 20.3. The van der Waals surface area contributed by atoms with Crippen LogP contribution in [0.25, 0.3) is 11.0 Å². The largest absolute Gasteiger partial charge is 0.594 e. The average Bonchev–Trinajstić information content (AvgIpc) is 2.69. The first-order valence-corrected chi connectivity index (χ1v) is 9.39. The highest BCUT2D eigenvalue weighted by Crippen LogP contribution is 2.29. The smallest absolute Gasteiger partial charge is 0.326 e.